The number of nitrogens with zero attached hydrogens (tertiary/aromatic N) is 3. The molecule has 0 saturated carbocycles. The van der Waals surface area contributed by atoms with E-state index in [-0.39, 0.29) is 6.10 Å². The van der Waals surface area contributed by atoms with Gasteiger partial charge in [-0.25, -0.2) is 0 Å². The summed E-state index contributed by atoms with van der Waals surface area (Å²) in [5.41, 5.74) is 1.10. The number of methoxy groups -OCH3 is 2. The van der Waals surface area contributed by atoms with Crippen molar-refractivity contribution in [3.63, 3.8) is 0 Å². The fourth-order valence-corrected chi connectivity index (χ4v) is 3.66. The molecule has 2 saturated heterocycles. The molecule has 2 aliphatic rings. The number of rotatable bonds is 7. The van der Waals surface area contributed by atoms with E-state index in [2.05, 4.69) is 20.8 Å². The molecule has 1 aromatic carbocycles. The van der Waals surface area contributed by atoms with E-state index >= 15 is 0 Å². The Bertz CT molecular complexity index is 558. The van der Waals surface area contributed by atoms with Gasteiger partial charge < -0.3 is 24.2 Å². The Morgan fingerprint density at radius 3 is 2.23 bits per heavy atom. The molecule has 2 aliphatic heterocycles. The molecule has 1 aromatic rings. The Balaban J connectivity index is 1.48. The first-order valence-electron chi connectivity index (χ1n) is 9.37. The second kappa shape index (κ2) is 9.41. The lowest BCUT2D eigenvalue weighted by molar-refractivity contribution is 0.00655. The number of morpholine rings is 1. The van der Waals surface area contributed by atoms with Crippen LogP contribution in [0.15, 0.2) is 18.2 Å². The molecule has 0 bridgehead atoms. The van der Waals surface area contributed by atoms with Crippen LogP contribution in [0.5, 0.6) is 11.5 Å². The lowest BCUT2D eigenvalue weighted by Gasteiger charge is -2.38. The van der Waals surface area contributed by atoms with Gasteiger partial charge in [0.2, 0.25) is 0 Å². The number of benzene rings is 1. The highest BCUT2D eigenvalue weighted by Crippen LogP contribution is 2.32. The molecule has 26 heavy (non-hydrogen) atoms. The summed E-state index contributed by atoms with van der Waals surface area (Å²) in [7, 11) is 3.35. The van der Waals surface area contributed by atoms with Crippen LogP contribution < -0.4 is 14.4 Å². The second-order valence-electron chi connectivity index (χ2n) is 6.89. The van der Waals surface area contributed by atoms with Gasteiger partial charge in [0.05, 0.1) is 39.2 Å². The summed E-state index contributed by atoms with van der Waals surface area (Å²) in [5.74, 6) is 1.64. The largest absolute Gasteiger partial charge is 0.497 e. The third-order valence-corrected chi connectivity index (χ3v) is 5.14. The second-order valence-corrected chi connectivity index (χ2v) is 6.89. The summed E-state index contributed by atoms with van der Waals surface area (Å²) in [6.45, 7) is 8.57. The van der Waals surface area contributed by atoms with Crippen molar-refractivity contribution in [1.82, 2.24) is 9.80 Å². The number of aliphatic hydroxyl groups excluding tert-OH is 1. The number of anilines is 1. The van der Waals surface area contributed by atoms with E-state index in [0.717, 1.165) is 82.8 Å². The van der Waals surface area contributed by atoms with Crippen LogP contribution in [0.2, 0.25) is 0 Å². The normalized spacial score (nSPS) is 20.8. The van der Waals surface area contributed by atoms with E-state index in [0.29, 0.717) is 0 Å². The minimum absolute atomic E-state index is 0.310. The van der Waals surface area contributed by atoms with Gasteiger partial charge in [0.1, 0.15) is 11.5 Å². The molecule has 2 fully saturated rings. The molecule has 7 nitrogen and oxygen atoms in total. The minimum Gasteiger partial charge on any atom is -0.497 e. The molecule has 3 rings (SSSR count). The Hall–Kier alpha value is -1.54. The summed E-state index contributed by atoms with van der Waals surface area (Å²) in [5, 5.41) is 10.4. The lowest BCUT2D eigenvalue weighted by Crippen LogP contribution is -2.50. The van der Waals surface area contributed by atoms with E-state index in [9.17, 15) is 5.11 Å². The molecular formula is C19H31N3O4. The Kier molecular flexibility index (Phi) is 6.96. The topological polar surface area (TPSA) is 57.6 Å². The molecule has 0 spiro atoms. The molecule has 1 unspecified atom stereocenters. The van der Waals surface area contributed by atoms with Crippen molar-refractivity contribution in [2.45, 2.75) is 6.10 Å². The monoisotopic (exact) mass is 365 g/mol. The maximum Gasteiger partial charge on any atom is 0.145 e. The van der Waals surface area contributed by atoms with Crippen molar-refractivity contribution in [1.29, 1.82) is 0 Å². The SMILES string of the molecule is COc1ccc(N2CCN(CC(O)CN3CCOCC3)CC2)c(OC)c1. The van der Waals surface area contributed by atoms with Crippen LogP contribution in [-0.4, -0.2) is 101 Å². The molecule has 1 atom stereocenters. The van der Waals surface area contributed by atoms with Crippen molar-refractivity contribution in [2.75, 3.05) is 84.7 Å². The number of hydrogen-bond acceptors (Lipinski definition) is 7. The van der Waals surface area contributed by atoms with Gasteiger partial charge >= 0.3 is 0 Å². The Labute approximate surface area is 156 Å². The molecule has 0 aliphatic carbocycles. The molecule has 7 heteroatoms. The highest BCUT2D eigenvalue weighted by molar-refractivity contribution is 5.61. The highest BCUT2D eigenvalue weighted by atomic mass is 16.5. The first-order valence-corrected chi connectivity index (χ1v) is 9.37. The van der Waals surface area contributed by atoms with Crippen LogP contribution in [0.25, 0.3) is 0 Å². The maximum atomic E-state index is 10.4. The van der Waals surface area contributed by atoms with Crippen molar-refractivity contribution in [3.05, 3.63) is 18.2 Å². The summed E-state index contributed by atoms with van der Waals surface area (Å²) in [6.07, 6.45) is -0.310. The van der Waals surface area contributed by atoms with E-state index in [4.69, 9.17) is 14.2 Å². The number of ether oxygens (including phenoxy) is 3. The fraction of sp³-hybridized carbons (Fsp3) is 0.684. The van der Waals surface area contributed by atoms with Gasteiger partial charge in [0.15, 0.2) is 0 Å². The van der Waals surface area contributed by atoms with Gasteiger partial charge in [-0.15, -0.1) is 0 Å². The minimum atomic E-state index is -0.310. The fourth-order valence-electron chi connectivity index (χ4n) is 3.66. The molecule has 2 heterocycles. The van der Waals surface area contributed by atoms with Crippen LogP contribution in [-0.2, 0) is 4.74 Å². The molecule has 146 valence electrons. The van der Waals surface area contributed by atoms with Crippen LogP contribution >= 0.6 is 0 Å². The highest BCUT2D eigenvalue weighted by Gasteiger charge is 2.23. The van der Waals surface area contributed by atoms with E-state index in [1.807, 2.05) is 12.1 Å². The standard InChI is InChI=1S/C19H31N3O4/c1-24-17-3-4-18(19(13-17)25-2)22-7-5-20(6-8-22)14-16(23)15-21-9-11-26-12-10-21/h3-4,13,16,23H,5-12,14-15H2,1-2H3. The summed E-state index contributed by atoms with van der Waals surface area (Å²) in [4.78, 5) is 6.97. The van der Waals surface area contributed by atoms with Crippen molar-refractivity contribution in [2.24, 2.45) is 0 Å². The van der Waals surface area contributed by atoms with E-state index in [1.54, 1.807) is 14.2 Å². The molecule has 0 amide bonds. The molecular weight excluding hydrogens is 334 g/mol. The van der Waals surface area contributed by atoms with Crippen LogP contribution in [0.3, 0.4) is 0 Å². The Morgan fingerprint density at radius 1 is 0.962 bits per heavy atom. The van der Waals surface area contributed by atoms with Gasteiger partial charge in [0, 0.05) is 58.4 Å². The summed E-state index contributed by atoms with van der Waals surface area (Å²) >= 11 is 0. The average Bonchev–Trinajstić information content (AvgIpc) is 2.69. The predicted molar refractivity (Wildman–Crippen MR) is 101 cm³/mol. The van der Waals surface area contributed by atoms with Crippen molar-refractivity contribution < 1.29 is 19.3 Å². The van der Waals surface area contributed by atoms with Gasteiger partial charge in [-0.2, -0.15) is 0 Å². The van der Waals surface area contributed by atoms with E-state index < -0.39 is 0 Å². The predicted octanol–water partition coefficient (Wildman–Crippen LogP) is 0.519. The summed E-state index contributed by atoms with van der Waals surface area (Å²) in [6, 6.07) is 5.95. The van der Waals surface area contributed by atoms with Gasteiger partial charge in [-0.1, -0.05) is 0 Å². The zero-order valence-corrected chi connectivity index (χ0v) is 15.9. The first-order chi connectivity index (χ1) is 12.7. The first kappa shape index (κ1) is 19.2. The quantitative estimate of drug-likeness (QED) is 0.756. The lowest BCUT2D eigenvalue weighted by atomic mass is 10.2. The molecule has 0 aromatic heterocycles. The smallest absolute Gasteiger partial charge is 0.145 e. The van der Waals surface area contributed by atoms with Gasteiger partial charge in [-0.3, -0.25) is 9.80 Å². The van der Waals surface area contributed by atoms with Crippen LogP contribution in [0.4, 0.5) is 5.69 Å². The van der Waals surface area contributed by atoms with Crippen molar-refractivity contribution in [3.8, 4) is 11.5 Å². The zero-order chi connectivity index (χ0) is 18.4. The third kappa shape index (κ3) is 5.01. The van der Waals surface area contributed by atoms with Gasteiger partial charge in [-0.05, 0) is 12.1 Å². The van der Waals surface area contributed by atoms with E-state index in [1.165, 1.54) is 0 Å². The third-order valence-electron chi connectivity index (χ3n) is 5.14. The number of piperazine rings is 1. The van der Waals surface area contributed by atoms with Crippen LogP contribution in [0, 0.1) is 0 Å². The summed E-state index contributed by atoms with van der Waals surface area (Å²) < 4.78 is 16.2. The molecule has 0 radical (unpaired) electrons. The number of β-amino-alcohol motifs (C(OH)–C–C–N with tert-alkyl or cyclic N) is 1. The molecule has 1 N–H and O–H groups in total. The van der Waals surface area contributed by atoms with Crippen molar-refractivity contribution >= 4 is 5.69 Å². The average molecular weight is 365 g/mol. The number of aliphatic hydroxyl groups is 1. The Morgan fingerprint density at radius 2 is 1.62 bits per heavy atom. The maximum absolute atomic E-state index is 10.4. The van der Waals surface area contributed by atoms with Crippen LogP contribution in [0.1, 0.15) is 0 Å². The zero-order valence-electron chi connectivity index (χ0n) is 15.9. The van der Waals surface area contributed by atoms with Gasteiger partial charge in [0.25, 0.3) is 0 Å². The number of hydrogen-bond donors (Lipinski definition) is 1.